The first-order valence-corrected chi connectivity index (χ1v) is 9.25. The molecule has 0 spiro atoms. The molecule has 2 aromatic carbocycles. The number of rotatable bonds is 8. The minimum atomic E-state index is 0.368. The Balaban J connectivity index is 1.69. The van der Waals surface area contributed by atoms with Gasteiger partial charge in [0.25, 0.3) is 0 Å². The van der Waals surface area contributed by atoms with E-state index in [4.69, 9.17) is 32.7 Å². The Hall–Kier alpha value is -2.27. The number of benzene rings is 2. The van der Waals surface area contributed by atoms with Gasteiger partial charge in [0, 0.05) is 31.0 Å². The number of para-hydroxylation sites is 1. The van der Waals surface area contributed by atoms with Crippen molar-refractivity contribution in [1.82, 2.24) is 10.3 Å². The van der Waals surface area contributed by atoms with E-state index in [0.29, 0.717) is 34.7 Å². The fraction of sp³-hybridized carbons (Fsp3) is 0.190. The summed E-state index contributed by atoms with van der Waals surface area (Å²) in [5.74, 6) is 1.40. The maximum absolute atomic E-state index is 6.08. The molecule has 0 aliphatic heterocycles. The molecular weight excluding hydrogens is 383 g/mol. The van der Waals surface area contributed by atoms with Crippen LogP contribution in [0.2, 0.25) is 10.0 Å². The molecule has 0 aliphatic rings. The number of aromatic nitrogens is 1. The molecule has 0 aliphatic carbocycles. The second-order valence-corrected chi connectivity index (χ2v) is 6.76. The van der Waals surface area contributed by atoms with Crippen LogP contribution in [0.3, 0.4) is 0 Å². The topological polar surface area (TPSA) is 43.4 Å². The van der Waals surface area contributed by atoms with Crippen LogP contribution in [0.5, 0.6) is 11.5 Å². The second kappa shape index (κ2) is 9.60. The van der Waals surface area contributed by atoms with E-state index in [1.165, 1.54) is 0 Å². The molecule has 27 heavy (non-hydrogen) atoms. The van der Waals surface area contributed by atoms with Crippen LogP contribution < -0.4 is 14.8 Å². The summed E-state index contributed by atoms with van der Waals surface area (Å²) in [5.41, 5.74) is 3.07. The van der Waals surface area contributed by atoms with Crippen molar-refractivity contribution in [2.45, 2.75) is 19.7 Å². The van der Waals surface area contributed by atoms with Crippen LogP contribution in [0, 0.1) is 0 Å². The normalized spacial score (nSPS) is 10.6. The number of nitrogens with one attached hydrogen (secondary N) is 1. The SMILES string of the molecule is COc1cccc(CNCc2cccnc2)c1OCc1ccc(Cl)c(Cl)c1. The van der Waals surface area contributed by atoms with E-state index in [1.807, 2.05) is 42.6 Å². The molecule has 3 rings (SSSR count). The van der Waals surface area contributed by atoms with Crippen molar-refractivity contribution in [3.8, 4) is 11.5 Å². The van der Waals surface area contributed by atoms with Gasteiger partial charge in [-0.05, 0) is 35.4 Å². The largest absolute Gasteiger partial charge is 0.493 e. The molecule has 6 heteroatoms. The zero-order valence-electron chi connectivity index (χ0n) is 14.9. The molecule has 0 radical (unpaired) electrons. The summed E-state index contributed by atoms with van der Waals surface area (Å²) in [4.78, 5) is 4.13. The minimum Gasteiger partial charge on any atom is -0.493 e. The van der Waals surface area contributed by atoms with E-state index < -0.39 is 0 Å². The summed E-state index contributed by atoms with van der Waals surface area (Å²) in [5, 5.41) is 4.45. The van der Waals surface area contributed by atoms with E-state index >= 15 is 0 Å². The van der Waals surface area contributed by atoms with Gasteiger partial charge in [0.15, 0.2) is 11.5 Å². The van der Waals surface area contributed by atoms with Gasteiger partial charge in [-0.25, -0.2) is 0 Å². The zero-order chi connectivity index (χ0) is 19.1. The quantitative estimate of drug-likeness (QED) is 0.557. The lowest BCUT2D eigenvalue weighted by molar-refractivity contribution is 0.280. The Bertz CT molecular complexity index is 889. The molecule has 0 unspecified atom stereocenters. The first-order valence-electron chi connectivity index (χ1n) is 8.49. The number of methoxy groups -OCH3 is 1. The van der Waals surface area contributed by atoms with Crippen molar-refractivity contribution in [1.29, 1.82) is 0 Å². The van der Waals surface area contributed by atoms with Crippen LogP contribution in [0.1, 0.15) is 16.7 Å². The van der Waals surface area contributed by atoms with Crippen molar-refractivity contribution in [2.24, 2.45) is 0 Å². The Morgan fingerprint density at radius 3 is 2.59 bits per heavy atom. The lowest BCUT2D eigenvalue weighted by Crippen LogP contribution is -2.14. The van der Waals surface area contributed by atoms with Gasteiger partial charge in [-0.2, -0.15) is 0 Å². The van der Waals surface area contributed by atoms with Crippen molar-refractivity contribution in [3.05, 3.63) is 87.7 Å². The summed E-state index contributed by atoms with van der Waals surface area (Å²) < 4.78 is 11.5. The first kappa shape index (κ1) is 19.5. The van der Waals surface area contributed by atoms with Crippen LogP contribution in [0.25, 0.3) is 0 Å². The Morgan fingerprint density at radius 2 is 1.85 bits per heavy atom. The van der Waals surface area contributed by atoms with Gasteiger partial charge >= 0.3 is 0 Å². The molecule has 4 nitrogen and oxygen atoms in total. The molecular formula is C21H20Cl2N2O2. The monoisotopic (exact) mass is 402 g/mol. The van der Waals surface area contributed by atoms with Gasteiger partial charge < -0.3 is 14.8 Å². The molecule has 3 aromatic rings. The van der Waals surface area contributed by atoms with E-state index in [2.05, 4.69) is 10.3 Å². The van der Waals surface area contributed by atoms with Crippen LogP contribution in [-0.4, -0.2) is 12.1 Å². The molecule has 1 aromatic heterocycles. The number of hydrogen-bond donors (Lipinski definition) is 1. The lowest BCUT2D eigenvalue weighted by Gasteiger charge is -2.16. The highest BCUT2D eigenvalue weighted by Gasteiger charge is 2.11. The number of ether oxygens (including phenoxy) is 2. The highest BCUT2D eigenvalue weighted by atomic mass is 35.5. The highest BCUT2D eigenvalue weighted by Crippen LogP contribution is 2.32. The molecule has 0 amide bonds. The van der Waals surface area contributed by atoms with Gasteiger partial charge in [0.1, 0.15) is 6.61 Å². The van der Waals surface area contributed by atoms with Gasteiger partial charge in [-0.3, -0.25) is 4.98 Å². The smallest absolute Gasteiger partial charge is 0.166 e. The number of nitrogens with zero attached hydrogens (tertiary/aromatic N) is 1. The Kier molecular flexibility index (Phi) is 6.93. The third-order valence-electron chi connectivity index (χ3n) is 4.01. The second-order valence-electron chi connectivity index (χ2n) is 5.95. The van der Waals surface area contributed by atoms with Crippen molar-refractivity contribution in [3.63, 3.8) is 0 Å². The lowest BCUT2D eigenvalue weighted by atomic mass is 10.1. The summed E-state index contributed by atoms with van der Waals surface area (Å²) in [7, 11) is 1.63. The molecule has 0 atom stereocenters. The summed E-state index contributed by atoms with van der Waals surface area (Å²) in [6, 6.07) is 15.3. The Labute approximate surface area is 169 Å². The zero-order valence-corrected chi connectivity index (χ0v) is 16.4. The summed E-state index contributed by atoms with van der Waals surface area (Å²) >= 11 is 12.1. The van der Waals surface area contributed by atoms with Gasteiger partial charge in [0.2, 0.25) is 0 Å². The minimum absolute atomic E-state index is 0.368. The molecule has 140 valence electrons. The summed E-state index contributed by atoms with van der Waals surface area (Å²) in [6.45, 7) is 1.73. The predicted molar refractivity (Wildman–Crippen MR) is 109 cm³/mol. The number of hydrogen-bond acceptors (Lipinski definition) is 4. The van der Waals surface area contributed by atoms with Crippen molar-refractivity contribution >= 4 is 23.2 Å². The van der Waals surface area contributed by atoms with E-state index in [9.17, 15) is 0 Å². The van der Waals surface area contributed by atoms with Crippen LogP contribution in [0.4, 0.5) is 0 Å². The summed E-state index contributed by atoms with van der Waals surface area (Å²) in [6.07, 6.45) is 3.61. The van der Waals surface area contributed by atoms with Crippen LogP contribution in [-0.2, 0) is 19.7 Å². The van der Waals surface area contributed by atoms with E-state index in [0.717, 1.165) is 23.2 Å². The number of pyridine rings is 1. The predicted octanol–water partition coefficient (Wildman–Crippen LogP) is 5.27. The maximum atomic E-state index is 6.08. The maximum Gasteiger partial charge on any atom is 0.166 e. The third kappa shape index (κ3) is 5.36. The average Bonchev–Trinajstić information content (AvgIpc) is 2.70. The fourth-order valence-corrected chi connectivity index (χ4v) is 2.97. The van der Waals surface area contributed by atoms with Gasteiger partial charge in [-0.1, -0.05) is 47.5 Å². The molecule has 0 saturated heterocycles. The first-order chi connectivity index (χ1) is 13.2. The fourth-order valence-electron chi connectivity index (χ4n) is 2.65. The van der Waals surface area contributed by atoms with E-state index in [-0.39, 0.29) is 0 Å². The average molecular weight is 403 g/mol. The van der Waals surface area contributed by atoms with Gasteiger partial charge in [-0.15, -0.1) is 0 Å². The van der Waals surface area contributed by atoms with Crippen LogP contribution in [0.15, 0.2) is 60.9 Å². The van der Waals surface area contributed by atoms with E-state index in [1.54, 1.807) is 25.4 Å². The van der Waals surface area contributed by atoms with Crippen molar-refractivity contribution in [2.75, 3.05) is 7.11 Å². The molecule has 0 saturated carbocycles. The third-order valence-corrected chi connectivity index (χ3v) is 4.75. The molecule has 1 heterocycles. The van der Waals surface area contributed by atoms with Crippen molar-refractivity contribution < 1.29 is 9.47 Å². The molecule has 0 fully saturated rings. The number of halogens is 2. The Morgan fingerprint density at radius 1 is 0.963 bits per heavy atom. The standard InChI is InChI=1S/C21H20Cl2N2O2/c1-26-20-6-2-5-17(13-25-12-16-4-3-9-24-11-16)21(20)27-14-15-7-8-18(22)19(23)10-15/h2-11,25H,12-14H2,1H3. The molecule has 0 bridgehead atoms. The van der Waals surface area contributed by atoms with Gasteiger partial charge in [0.05, 0.1) is 17.2 Å². The highest BCUT2D eigenvalue weighted by molar-refractivity contribution is 6.42. The molecule has 1 N–H and O–H groups in total. The van der Waals surface area contributed by atoms with Crippen LogP contribution >= 0.6 is 23.2 Å².